The zero-order valence-corrected chi connectivity index (χ0v) is 17.3. The quantitative estimate of drug-likeness (QED) is 0.685. The molecule has 0 spiro atoms. The van der Waals surface area contributed by atoms with E-state index in [-0.39, 0.29) is 28.8 Å². The molecule has 2 aromatic rings. The molecule has 0 saturated carbocycles. The first-order chi connectivity index (χ1) is 13.6. The zero-order chi connectivity index (χ0) is 21.6. The summed E-state index contributed by atoms with van der Waals surface area (Å²) in [5.41, 5.74) is 0.551. The summed E-state index contributed by atoms with van der Waals surface area (Å²) in [6.45, 7) is 3.83. The van der Waals surface area contributed by atoms with E-state index in [1.165, 1.54) is 18.2 Å². The van der Waals surface area contributed by atoms with Gasteiger partial charge < -0.3 is 10.6 Å². The van der Waals surface area contributed by atoms with Gasteiger partial charge in [0.25, 0.3) is 5.91 Å². The van der Waals surface area contributed by atoms with Crippen LogP contribution in [0.3, 0.4) is 0 Å². The zero-order valence-electron chi connectivity index (χ0n) is 16.5. The van der Waals surface area contributed by atoms with Gasteiger partial charge in [0.2, 0.25) is 15.9 Å². The average molecular weight is 421 g/mol. The maximum absolute atomic E-state index is 13.5. The van der Waals surface area contributed by atoms with Crippen LogP contribution >= 0.6 is 0 Å². The van der Waals surface area contributed by atoms with Crippen molar-refractivity contribution in [3.63, 3.8) is 0 Å². The molecule has 2 N–H and O–H groups in total. The second kappa shape index (κ2) is 9.51. The number of rotatable bonds is 8. The summed E-state index contributed by atoms with van der Waals surface area (Å²) in [6.07, 6.45) is 0.929. The number of nitrogens with zero attached hydrogens (tertiary/aromatic N) is 1. The van der Waals surface area contributed by atoms with Crippen LogP contribution in [0.5, 0.6) is 0 Å². The minimum Gasteiger partial charge on any atom is -0.352 e. The van der Waals surface area contributed by atoms with Crippen LogP contribution in [0.1, 0.15) is 24.2 Å². The van der Waals surface area contributed by atoms with Crippen molar-refractivity contribution in [2.45, 2.75) is 13.8 Å². The molecule has 7 nitrogen and oxygen atoms in total. The van der Waals surface area contributed by atoms with Crippen LogP contribution in [-0.4, -0.2) is 39.6 Å². The Morgan fingerprint density at radius 3 is 2.41 bits per heavy atom. The highest BCUT2D eigenvalue weighted by atomic mass is 32.2. The van der Waals surface area contributed by atoms with E-state index in [0.717, 1.165) is 16.6 Å². The Morgan fingerprint density at radius 2 is 1.79 bits per heavy atom. The van der Waals surface area contributed by atoms with Crippen LogP contribution in [0.4, 0.5) is 15.8 Å². The molecule has 0 atom stereocenters. The van der Waals surface area contributed by atoms with Gasteiger partial charge in [0, 0.05) is 6.54 Å². The number of nitrogens with one attached hydrogen (secondary N) is 2. The lowest BCUT2D eigenvalue weighted by Crippen LogP contribution is -2.38. The minimum absolute atomic E-state index is 0.0330. The predicted octanol–water partition coefficient (Wildman–Crippen LogP) is 2.62. The number of hydrogen-bond donors (Lipinski definition) is 2. The van der Waals surface area contributed by atoms with E-state index in [1.54, 1.807) is 24.3 Å². The monoisotopic (exact) mass is 421 g/mol. The van der Waals surface area contributed by atoms with Gasteiger partial charge in [-0.05, 0) is 36.2 Å². The van der Waals surface area contributed by atoms with Crippen molar-refractivity contribution in [3.8, 4) is 0 Å². The summed E-state index contributed by atoms with van der Waals surface area (Å²) in [5, 5.41) is 5.34. The Balaban J connectivity index is 2.20. The van der Waals surface area contributed by atoms with Crippen LogP contribution in [0.2, 0.25) is 0 Å². The van der Waals surface area contributed by atoms with Crippen molar-refractivity contribution >= 4 is 33.2 Å². The van der Waals surface area contributed by atoms with Crippen molar-refractivity contribution in [1.82, 2.24) is 5.32 Å². The highest BCUT2D eigenvalue weighted by molar-refractivity contribution is 7.92. The number of halogens is 1. The number of amides is 2. The fourth-order valence-electron chi connectivity index (χ4n) is 2.53. The third-order valence-corrected chi connectivity index (χ3v) is 5.04. The third kappa shape index (κ3) is 6.56. The molecular formula is C20H24FN3O4S. The number of para-hydroxylation sites is 1. The second-order valence-corrected chi connectivity index (χ2v) is 8.85. The summed E-state index contributed by atoms with van der Waals surface area (Å²) >= 11 is 0. The molecule has 0 aliphatic heterocycles. The average Bonchev–Trinajstić information content (AvgIpc) is 2.63. The van der Waals surface area contributed by atoms with E-state index in [4.69, 9.17) is 0 Å². The van der Waals surface area contributed by atoms with E-state index in [2.05, 4.69) is 10.6 Å². The molecule has 2 aromatic carbocycles. The molecule has 2 amide bonds. The topological polar surface area (TPSA) is 95.6 Å². The molecule has 2 rings (SSSR count). The first kappa shape index (κ1) is 22.4. The van der Waals surface area contributed by atoms with Crippen LogP contribution in [-0.2, 0) is 14.8 Å². The molecule has 0 radical (unpaired) electrons. The molecule has 0 saturated heterocycles. The van der Waals surface area contributed by atoms with E-state index in [0.29, 0.717) is 6.54 Å². The lowest BCUT2D eigenvalue weighted by atomic mass is 10.1. The Morgan fingerprint density at radius 1 is 1.10 bits per heavy atom. The molecule has 156 valence electrons. The Bertz CT molecular complexity index is 993. The Kier molecular flexibility index (Phi) is 7.33. The Labute approximate surface area is 170 Å². The van der Waals surface area contributed by atoms with Gasteiger partial charge in [0.1, 0.15) is 12.4 Å². The van der Waals surface area contributed by atoms with Crippen LogP contribution in [0.25, 0.3) is 0 Å². The molecule has 0 unspecified atom stereocenters. The highest BCUT2D eigenvalue weighted by Crippen LogP contribution is 2.20. The van der Waals surface area contributed by atoms with Crippen LogP contribution < -0.4 is 14.9 Å². The predicted molar refractivity (Wildman–Crippen MR) is 111 cm³/mol. The molecular weight excluding hydrogens is 397 g/mol. The van der Waals surface area contributed by atoms with Gasteiger partial charge in [-0.2, -0.15) is 0 Å². The first-order valence-corrected chi connectivity index (χ1v) is 10.8. The van der Waals surface area contributed by atoms with Gasteiger partial charge >= 0.3 is 0 Å². The van der Waals surface area contributed by atoms with E-state index in [1.807, 2.05) is 13.8 Å². The van der Waals surface area contributed by atoms with Gasteiger partial charge in [-0.15, -0.1) is 0 Å². The van der Waals surface area contributed by atoms with Gasteiger partial charge in [-0.3, -0.25) is 13.9 Å². The molecule has 29 heavy (non-hydrogen) atoms. The van der Waals surface area contributed by atoms with Crippen LogP contribution in [0.15, 0.2) is 48.5 Å². The highest BCUT2D eigenvalue weighted by Gasteiger charge is 2.22. The number of benzene rings is 2. The second-order valence-electron chi connectivity index (χ2n) is 6.95. The van der Waals surface area contributed by atoms with E-state index in [9.17, 15) is 22.4 Å². The maximum Gasteiger partial charge on any atom is 0.253 e. The summed E-state index contributed by atoms with van der Waals surface area (Å²) in [6, 6.07) is 11.4. The SMILES string of the molecule is CC(C)CNC(=O)c1ccccc1NC(=O)CN(c1cccc(F)c1)S(C)(=O)=O. The first-order valence-electron chi connectivity index (χ1n) is 8.98. The molecule has 0 aliphatic carbocycles. The molecule has 0 aromatic heterocycles. The summed E-state index contributed by atoms with van der Waals surface area (Å²) in [4.78, 5) is 24.9. The van der Waals surface area contributed by atoms with Crippen molar-refractivity contribution in [1.29, 1.82) is 0 Å². The number of hydrogen-bond acceptors (Lipinski definition) is 4. The summed E-state index contributed by atoms with van der Waals surface area (Å²) in [5.74, 6) is -1.37. The lowest BCUT2D eigenvalue weighted by molar-refractivity contribution is -0.114. The number of sulfonamides is 1. The van der Waals surface area contributed by atoms with Crippen molar-refractivity contribution in [3.05, 3.63) is 59.9 Å². The molecule has 9 heteroatoms. The third-order valence-electron chi connectivity index (χ3n) is 3.90. The number of anilines is 2. The minimum atomic E-state index is -3.84. The summed E-state index contributed by atoms with van der Waals surface area (Å²) in [7, 11) is -3.84. The van der Waals surface area contributed by atoms with Crippen molar-refractivity contribution in [2.24, 2.45) is 5.92 Å². The van der Waals surface area contributed by atoms with Gasteiger partial charge in [0.05, 0.1) is 23.2 Å². The number of carbonyl (C=O) groups is 2. The molecule has 0 heterocycles. The van der Waals surface area contributed by atoms with Crippen molar-refractivity contribution in [2.75, 3.05) is 29.0 Å². The van der Waals surface area contributed by atoms with Gasteiger partial charge in [0.15, 0.2) is 0 Å². The molecule has 0 fully saturated rings. The Hall–Kier alpha value is -2.94. The fraction of sp³-hybridized carbons (Fsp3) is 0.300. The largest absolute Gasteiger partial charge is 0.352 e. The normalized spacial score (nSPS) is 11.2. The standard InChI is InChI=1S/C20H24FN3O4S/c1-14(2)12-22-20(26)17-9-4-5-10-18(17)23-19(25)13-24(29(3,27)28)16-8-6-7-15(21)11-16/h4-11,14H,12-13H2,1-3H3,(H,22,26)(H,23,25). The van der Waals surface area contributed by atoms with E-state index < -0.39 is 28.3 Å². The maximum atomic E-state index is 13.5. The van der Waals surface area contributed by atoms with Crippen LogP contribution in [0, 0.1) is 11.7 Å². The summed E-state index contributed by atoms with van der Waals surface area (Å²) < 4.78 is 38.5. The lowest BCUT2D eigenvalue weighted by Gasteiger charge is -2.22. The molecule has 0 bridgehead atoms. The van der Waals surface area contributed by atoms with Gasteiger partial charge in [-0.1, -0.05) is 32.0 Å². The van der Waals surface area contributed by atoms with E-state index >= 15 is 0 Å². The smallest absolute Gasteiger partial charge is 0.253 e. The van der Waals surface area contributed by atoms with Crippen molar-refractivity contribution < 1.29 is 22.4 Å². The van der Waals surface area contributed by atoms with Gasteiger partial charge in [-0.25, -0.2) is 12.8 Å². The number of carbonyl (C=O) groups excluding carboxylic acids is 2. The fourth-order valence-corrected chi connectivity index (χ4v) is 3.38. The molecule has 0 aliphatic rings.